The van der Waals surface area contributed by atoms with E-state index in [9.17, 15) is 4.39 Å². The predicted octanol–water partition coefficient (Wildman–Crippen LogP) is 3.52. The molecule has 0 unspecified atom stereocenters. The molecule has 0 saturated heterocycles. The van der Waals surface area contributed by atoms with Crippen LogP contribution in [-0.2, 0) is 0 Å². The highest BCUT2D eigenvalue weighted by atomic mass is 35.5. The molecule has 7 heteroatoms. The van der Waals surface area contributed by atoms with Crippen molar-refractivity contribution in [2.24, 2.45) is 0 Å². The Morgan fingerprint density at radius 3 is 2.89 bits per heavy atom. The van der Waals surface area contributed by atoms with Crippen molar-refractivity contribution < 1.29 is 4.39 Å². The average molecular weight is 295 g/mol. The zero-order valence-corrected chi connectivity index (χ0v) is 11.2. The van der Waals surface area contributed by atoms with Gasteiger partial charge in [0.2, 0.25) is 4.96 Å². The molecule has 1 aliphatic rings. The molecule has 0 N–H and O–H groups in total. The fourth-order valence-corrected chi connectivity index (χ4v) is 3.03. The number of benzene rings is 1. The van der Waals surface area contributed by atoms with Gasteiger partial charge in [-0.15, -0.1) is 10.2 Å². The average Bonchev–Trinajstić information content (AvgIpc) is 2.99. The molecule has 1 aromatic carbocycles. The van der Waals surface area contributed by atoms with Crippen molar-refractivity contribution in [2.75, 3.05) is 0 Å². The Labute approximate surface area is 116 Å². The second-order valence-electron chi connectivity index (χ2n) is 4.56. The molecule has 1 fully saturated rings. The highest BCUT2D eigenvalue weighted by Crippen LogP contribution is 2.40. The Kier molecular flexibility index (Phi) is 2.37. The molecule has 0 bridgehead atoms. The standard InChI is InChI=1S/C12H8ClFN4S/c13-7-3-4-8(9(14)5-7)11-17-18-10(6-1-2-6)15-16-12(18)19-11/h3-6H,1-2H2. The van der Waals surface area contributed by atoms with Gasteiger partial charge in [-0.05, 0) is 31.0 Å². The van der Waals surface area contributed by atoms with Crippen LogP contribution in [0.1, 0.15) is 24.6 Å². The number of hydrogen-bond acceptors (Lipinski definition) is 4. The van der Waals surface area contributed by atoms with E-state index in [-0.39, 0.29) is 5.82 Å². The van der Waals surface area contributed by atoms with Crippen molar-refractivity contribution in [1.29, 1.82) is 0 Å². The van der Waals surface area contributed by atoms with Gasteiger partial charge in [-0.25, -0.2) is 4.39 Å². The lowest BCUT2D eigenvalue weighted by atomic mass is 10.2. The fourth-order valence-electron chi connectivity index (χ4n) is 2.00. The Morgan fingerprint density at radius 2 is 2.16 bits per heavy atom. The summed E-state index contributed by atoms with van der Waals surface area (Å²) in [4.78, 5) is 0.700. The first-order chi connectivity index (χ1) is 9.22. The molecule has 4 nitrogen and oxygen atoms in total. The molecule has 0 aliphatic heterocycles. The van der Waals surface area contributed by atoms with Gasteiger partial charge in [0.1, 0.15) is 5.82 Å². The number of rotatable bonds is 2. The molecule has 1 saturated carbocycles. The van der Waals surface area contributed by atoms with E-state index in [2.05, 4.69) is 15.3 Å². The van der Waals surface area contributed by atoms with E-state index in [0.29, 0.717) is 26.5 Å². The number of nitrogens with zero attached hydrogens (tertiary/aromatic N) is 4. The summed E-state index contributed by atoms with van der Waals surface area (Å²) < 4.78 is 15.6. The van der Waals surface area contributed by atoms with Crippen molar-refractivity contribution in [1.82, 2.24) is 19.8 Å². The van der Waals surface area contributed by atoms with Gasteiger partial charge in [0, 0.05) is 16.5 Å². The monoisotopic (exact) mass is 294 g/mol. The second-order valence-corrected chi connectivity index (χ2v) is 5.95. The molecule has 96 valence electrons. The van der Waals surface area contributed by atoms with Crippen molar-refractivity contribution in [3.05, 3.63) is 34.9 Å². The zero-order valence-electron chi connectivity index (χ0n) is 9.68. The maximum absolute atomic E-state index is 13.9. The summed E-state index contributed by atoms with van der Waals surface area (Å²) in [6.07, 6.45) is 2.26. The molecule has 0 amide bonds. The van der Waals surface area contributed by atoms with Crippen LogP contribution in [0.15, 0.2) is 18.2 Å². The van der Waals surface area contributed by atoms with Crippen LogP contribution in [0.4, 0.5) is 4.39 Å². The molecule has 0 spiro atoms. The third kappa shape index (κ3) is 1.82. The number of aromatic nitrogens is 4. The minimum absolute atomic E-state index is 0.370. The summed E-state index contributed by atoms with van der Waals surface area (Å²) in [5.41, 5.74) is 0.446. The van der Waals surface area contributed by atoms with Gasteiger partial charge in [-0.3, -0.25) is 0 Å². The molecule has 19 heavy (non-hydrogen) atoms. The van der Waals surface area contributed by atoms with E-state index in [0.717, 1.165) is 18.7 Å². The Bertz CT molecular complexity index is 777. The summed E-state index contributed by atoms with van der Waals surface area (Å²) in [5.74, 6) is 0.970. The Balaban J connectivity index is 1.86. The molecule has 0 atom stereocenters. The lowest BCUT2D eigenvalue weighted by Gasteiger charge is -1.98. The number of halogens is 2. The SMILES string of the molecule is Fc1cc(Cl)ccc1-c1nn2c(C3CC3)nnc2s1. The van der Waals surface area contributed by atoms with Gasteiger partial charge in [-0.2, -0.15) is 9.61 Å². The van der Waals surface area contributed by atoms with Crippen molar-refractivity contribution in [2.45, 2.75) is 18.8 Å². The van der Waals surface area contributed by atoms with Crippen LogP contribution >= 0.6 is 22.9 Å². The van der Waals surface area contributed by atoms with Crippen LogP contribution in [0, 0.1) is 5.82 Å². The van der Waals surface area contributed by atoms with Gasteiger partial charge in [0.15, 0.2) is 10.8 Å². The maximum atomic E-state index is 13.9. The van der Waals surface area contributed by atoms with Crippen LogP contribution in [0.2, 0.25) is 5.02 Å². The third-order valence-corrected chi connectivity index (χ3v) is 4.29. The van der Waals surface area contributed by atoms with Crippen molar-refractivity contribution in [3.63, 3.8) is 0 Å². The predicted molar refractivity (Wildman–Crippen MR) is 71.0 cm³/mol. The molecule has 4 rings (SSSR count). The van der Waals surface area contributed by atoms with Crippen LogP contribution in [0.5, 0.6) is 0 Å². The van der Waals surface area contributed by atoms with Gasteiger partial charge in [0.05, 0.1) is 0 Å². The summed E-state index contributed by atoms with van der Waals surface area (Å²) in [7, 11) is 0. The van der Waals surface area contributed by atoms with Gasteiger partial charge in [-0.1, -0.05) is 22.9 Å². The molecular formula is C12H8ClFN4S. The van der Waals surface area contributed by atoms with E-state index in [1.165, 1.54) is 17.4 Å². The van der Waals surface area contributed by atoms with Crippen LogP contribution in [0.3, 0.4) is 0 Å². The van der Waals surface area contributed by atoms with Crippen LogP contribution < -0.4 is 0 Å². The molecule has 2 aromatic heterocycles. The van der Waals surface area contributed by atoms with E-state index >= 15 is 0 Å². The quantitative estimate of drug-likeness (QED) is 0.726. The van der Waals surface area contributed by atoms with E-state index in [4.69, 9.17) is 11.6 Å². The second kappa shape index (κ2) is 3.98. The van der Waals surface area contributed by atoms with Crippen molar-refractivity contribution >= 4 is 27.9 Å². The van der Waals surface area contributed by atoms with Crippen LogP contribution in [0.25, 0.3) is 15.5 Å². The summed E-state index contributed by atoms with van der Waals surface area (Å²) >= 11 is 7.08. The largest absolute Gasteiger partial charge is 0.234 e. The van der Waals surface area contributed by atoms with Crippen LogP contribution in [-0.4, -0.2) is 19.8 Å². The first kappa shape index (κ1) is 11.3. The summed E-state index contributed by atoms with van der Waals surface area (Å²) in [6.45, 7) is 0. The highest BCUT2D eigenvalue weighted by Gasteiger charge is 2.30. The first-order valence-corrected chi connectivity index (χ1v) is 7.09. The highest BCUT2D eigenvalue weighted by molar-refractivity contribution is 7.19. The number of hydrogen-bond donors (Lipinski definition) is 0. The molecule has 2 heterocycles. The molecular weight excluding hydrogens is 287 g/mol. The third-order valence-electron chi connectivity index (χ3n) is 3.12. The minimum atomic E-state index is -0.370. The minimum Gasteiger partial charge on any atom is -0.206 e. The molecule has 0 radical (unpaired) electrons. The number of fused-ring (bicyclic) bond motifs is 1. The molecule has 1 aliphatic carbocycles. The van der Waals surface area contributed by atoms with E-state index < -0.39 is 0 Å². The summed E-state index contributed by atoms with van der Waals surface area (Å²) in [6, 6.07) is 4.59. The Morgan fingerprint density at radius 1 is 1.32 bits per heavy atom. The van der Waals surface area contributed by atoms with Gasteiger partial charge >= 0.3 is 0 Å². The molecule has 3 aromatic rings. The van der Waals surface area contributed by atoms with E-state index in [1.54, 1.807) is 16.6 Å². The fraction of sp³-hybridized carbons (Fsp3) is 0.250. The van der Waals surface area contributed by atoms with Crippen molar-refractivity contribution in [3.8, 4) is 10.6 Å². The first-order valence-electron chi connectivity index (χ1n) is 5.90. The van der Waals surface area contributed by atoms with Gasteiger partial charge < -0.3 is 0 Å². The topological polar surface area (TPSA) is 43.1 Å². The zero-order chi connectivity index (χ0) is 13.0. The maximum Gasteiger partial charge on any atom is 0.234 e. The van der Waals surface area contributed by atoms with E-state index in [1.807, 2.05) is 0 Å². The lowest BCUT2D eigenvalue weighted by molar-refractivity contribution is 0.630. The normalized spacial score (nSPS) is 15.3. The summed E-state index contributed by atoms with van der Waals surface area (Å²) in [5, 5.41) is 13.6. The smallest absolute Gasteiger partial charge is 0.206 e. The Hall–Kier alpha value is -1.53. The lowest BCUT2D eigenvalue weighted by Crippen LogP contribution is -1.94. The van der Waals surface area contributed by atoms with Gasteiger partial charge in [0.25, 0.3) is 0 Å².